The van der Waals surface area contributed by atoms with E-state index in [1.54, 1.807) is 0 Å². The van der Waals surface area contributed by atoms with E-state index in [0.717, 1.165) is 45.4 Å². The van der Waals surface area contributed by atoms with E-state index in [-0.39, 0.29) is 5.91 Å². The van der Waals surface area contributed by atoms with Crippen molar-refractivity contribution in [2.75, 3.05) is 26.2 Å². The van der Waals surface area contributed by atoms with Gasteiger partial charge in [0.2, 0.25) is 5.91 Å². The van der Waals surface area contributed by atoms with Gasteiger partial charge in [0, 0.05) is 44.6 Å². The molecule has 2 aromatic rings. The fraction of sp³-hybridized carbons (Fsp3) is 0.522. The Bertz CT molecular complexity index is 764. The topological polar surface area (TPSA) is 40.5 Å². The lowest BCUT2D eigenvalue weighted by Gasteiger charge is -2.33. The molecule has 1 aromatic carbocycles. The SMILES string of the molecule is Cn1cccc1C1CCCN1CC(=O)NC1CCN(Cc2ccccc2)CC1. The molecule has 0 aliphatic carbocycles. The first-order chi connectivity index (χ1) is 13.7. The number of hydrogen-bond donors (Lipinski definition) is 1. The van der Waals surface area contributed by atoms with Gasteiger partial charge in [-0.1, -0.05) is 30.3 Å². The third-order valence-corrected chi connectivity index (χ3v) is 6.24. The van der Waals surface area contributed by atoms with Crippen molar-refractivity contribution >= 4 is 5.91 Å². The first-order valence-corrected chi connectivity index (χ1v) is 10.6. The maximum absolute atomic E-state index is 12.7. The highest BCUT2D eigenvalue weighted by atomic mass is 16.2. The van der Waals surface area contributed by atoms with Crippen LogP contribution in [-0.4, -0.2) is 52.5 Å². The summed E-state index contributed by atoms with van der Waals surface area (Å²) >= 11 is 0. The van der Waals surface area contributed by atoms with Gasteiger partial charge in [0.25, 0.3) is 0 Å². The quantitative estimate of drug-likeness (QED) is 0.838. The average molecular weight is 381 g/mol. The van der Waals surface area contributed by atoms with Gasteiger partial charge in [-0.2, -0.15) is 0 Å². The van der Waals surface area contributed by atoms with E-state index < -0.39 is 0 Å². The third-order valence-electron chi connectivity index (χ3n) is 6.24. The molecule has 2 fully saturated rings. The van der Waals surface area contributed by atoms with Gasteiger partial charge in [0.15, 0.2) is 0 Å². The van der Waals surface area contributed by atoms with E-state index in [2.05, 4.69) is 75.4 Å². The van der Waals surface area contributed by atoms with Crippen LogP contribution in [-0.2, 0) is 18.4 Å². The molecule has 5 nitrogen and oxygen atoms in total. The average Bonchev–Trinajstić information content (AvgIpc) is 3.32. The Balaban J connectivity index is 1.23. The lowest BCUT2D eigenvalue weighted by Crippen LogP contribution is -2.47. The smallest absolute Gasteiger partial charge is 0.234 e. The van der Waals surface area contributed by atoms with E-state index in [1.165, 1.54) is 17.7 Å². The summed E-state index contributed by atoms with van der Waals surface area (Å²) in [5.41, 5.74) is 2.69. The van der Waals surface area contributed by atoms with Crippen LogP contribution in [0.5, 0.6) is 0 Å². The zero-order valence-corrected chi connectivity index (χ0v) is 16.9. The van der Waals surface area contributed by atoms with Crippen molar-refractivity contribution in [2.24, 2.45) is 7.05 Å². The number of piperidine rings is 1. The molecule has 1 amide bonds. The van der Waals surface area contributed by atoms with E-state index >= 15 is 0 Å². The zero-order chi connectivity index (χ0) is 19.3. The summed E-state index contributed by atoms with van der Waals surface area (Å²) in [5.74, 6) is 0.183. The fourth-order valence-electron chi connectivity index (χ4n) is 4.71. The Labute approximate surface area is 168 Å². The van der Waals surface area contributed by atoms with Crippen molar-refractivity contribution in [1.29, 1.82) is 0 Å². The lowest BCUT2D eigenvalue weighted by molar-refractivity contribution is -0.123. The van der Waals surface area contributed by atoms with Gasteiger partial charge in [-0.15, -0.1) is 0 Å². The van der Waals surface area contributed by atoms with Crippen LogP contribution < -0.4 is 5.32 Å². The van der Waals surface area contributed by atoms with Gasteiger partial charge < -0.3 is 9.88 Å². The molecule has 2 saturated heterocycles. The monoisotopic (exact) mass is 380 g/mol. The van der Waals surface area contributed by atoms with Gasteiger partial charge in [-0.3, -0.25) is 14.6 Å². The highest BCUT2D eigenvalue weighted by molar-refractivity contribution is 5.78. The van der Waals surface area contributed by atoms with Crippen LogP contribution in [0, 0.1) is 0 Å². The van der Waals surface area contributed by atoms with Crippen molar-refractivity contribution in [3.8, 4) is 0 Å². The Morgan fingerprint density at radius 1 is 1.04 bits per heavy atom. The van der Waals surface area contributed by atoms with Crippen LogP contribution in [0.1, 0.15) is 43.0 Å². The van der Waals surface area contributed by atoms with Crippen molar-refractivity contribution < 1.29 is 4.79 Å². The maximum Gasteiger partial charge on any atom is 0.234 e. The summed E-state index contributed by atoms with van der Waals surface area (Å²) in [6.07, 6.45) is 6.48. The number of nitrogens with zero attached hydrogens (tertiary/aromatic N) is 3. The minimum absolute atomic E-state index is 0.183. The number of benzene rings is 1. The molecule has 1 atom stereocenters. The van der Waals surface area contributed by atoms with Gasteiger partial charge in [-0.05, 0) is 49.9 Å². The predicted octanol–water partition coefficient (Wildman–Crippen LogP) is 2.94. The van der Waals surface area contributed by atoms with Crippen LogP contribution in [0.15, 0.2) is 48.7 Å². The van der Waals surface area contributed by atoms with E-state index in [0.29, 0.717) is 18.6 Å². The molecule has 28 heavy (non-hydrogen) atoms. The number of nitrogens with one attached hydrogen (secondary N) is 1. The summed E-state index contributed by atoms with van der Waals surface area (Å²) in [6, 6.07) is 15.6. The van der Waals surface area contributed by atoms with Gasteiger partial charge in [0.05, 0.1) is 12.6 Å². The summed E-state index contributed by atoms with van der Waals surface area (Å²) in [6.45, 7) is 4.64. The minimum Gasteiger partial charge on any atom is -0.353 e. The molecular weight excluding hydrogens is 348 g/mol. The molecular formula is C23H32N4O. The number of aromatic nitrogens is 1. The van der Waals surface area contributed by atoms with Crippen molar-refractivity contribution in [3.63, 3.8) is 0 Å². The first-order valence-electron chi connectivity index (χ1n) is 10.6. The molecule has 1 aromatic heterocycles. The van der Waals surface area contributed by atoms with Crippen LogP contribution in [0.25, 0.3) is 0 Å². The second-order valence-corrected chi connectivity index (χ2v) is 8.28. The summed E-state index contributed by atoms with van der Waals surface area (Å²) in [4.78, 5) is 17.5. The summed E-state index contributed by atoms with van der Waals surface area (Å²) < 4.78 is 2.18. The molecule has 0 bridgehead atoms. The van der Waals surface area contributed by atoms with Crippen LogP contribution in [0.3, 0.4) is 0 Å². The number of rotatable bonds is 6. The van der Waals surface area contributed by atoms with Gasteiger partial charge in [0.1, 0.15) is 0 Å². The molecule has 0 radical (unpaired) electrons. The lowest BCUT2D eigenvalue weighted by atomic mass is 10.0. The van der Waals surface area contributed by atoms with Crippen molar-refractivity contribution in [3.05, 3.63) is 59.9 Å². The molecule has 0 saturated carbocycles. The van der Waals surface area contributed by atoms with Crippen molar-refractivity contribution in [1.82, 2.24) is 19.7 Å². The normalized spacial score (nSPS) is 21.8. The summed E-state index contributed by atoms with van der Waals surface area (Å²) in [5, 5.41) is 3.30. The minimum atomic E-state index is 0.183. The summed E-state index contributed by atoms with van der Waals surface area (Å²) in [7, 11) is 2.09. The molecule has 150 valence electrons. The predicted molar refractivity (Wildman–Crippen MR) is 112 cm³/mol. The molecule has 5 heteroatoms. The second-order valence-electron chi connectivity index (χ2n) is 8.28. The van der Waals surface area contributed by atoms with Crippen LogP contribution in [0.2, 0.25) is 0 Å². The number of hydrogen-bond acceptors (Lipinski definition) is 3. The molecule has 1 N–H and O–H groups in total. The fourth-order valence-corrected chi connectivity index (χ4v) is 4.71. The molecule has 1 unspecified atom stereocenters. The van der Waals surface area contributed by atoms with Crippen molar-refractivity contribution in [2.45, 2.75) is 44.3 Å². The highest BCUT2D eigenvalue weighted by Gasteiger charge is 2.30. The van der Waals surface area contributed by atoms with Gasteiger partial charge >= 0.3 is 0 Å². The standard InChI is InChI=1S/C23H32N4O/c1-25-13-5-9-21(25)22-10-6-14-27(22)18-23(28)24-20-11-15-26(16-12-20)17-19-7-3-2-4-8-19/h2-5,7-9,13,20,22H,6,10-12,14-18H2,1H3,(H,24,28). The van der Waals surface area contributed by atoms with Gasteiger partial charge in [-0.25, -0.2) is 0 Å². The highest BCUT2D eigenvalue weighted by Crippen LogP contribution is 2.31. The van der Waals surface area contributed by atoms with E-state index in [9.17, 15) is 4.79 Å². The molecule has 0 spiro atoms. The third kappa shape index (κ3) is 4.65. The number of likely N-dealkylation sites (tertiary alicyclic amines) is 2. The number of carbonyl (C=O) groups excluding carboxylic acids is 1. The second kappa shape index (κ2) is 8.93. The Morgan fingerprint density at radius 3 is 2.54 bits per heavy atom. The van der Waals surface area contributed by atoms with Crippen LogP contribution >= 0.6 is 0 Å². The first kappa shape index (κ1) is 19.2. The Hall–Kier alpha value is -2.11. The number of amides is 1. The molecule has 3 heterocycles. The largest absolute Gasteiger partial charge is 0.353 e. The number of aryl methyl sites for hydroxylation is 1. The van der Waals surface area contributed by atoms with Crippen LogP contribution in [0.4, 0.5) is 0 Å². The molecule has 2 aliphatic rings. The maximum atomic E-state index is 12.7. The Morgan fingerprint density at radius 2 is 1.82 bits per heavy atom. The number of carbonyl (C=O) groups is 1. The van der Waals surface area contributed by atoms with E-state index in [1.807, 2.05) is 0 Å². The van der Waals surface area contributed by atoms with E-state index in [4.69, 9.17) is 0 Å². The zero-order valence-electron chi connectivity index (χ0n) is 16.9. The molecule has 2 aliphatic heterocycles. The Kier molecular flexibility index (Phi) is 6.13. The molecule has 4 rings (SSSR count).